The lowest BCUT2D eigenvalue weighted by Gasteiger charge is -2.26. The molecule has 1 fully saturated rings. The molecule has 0 saturated heterocycles. The Labute approximate surface area is 130 Å². The molecule has 4 heteroatoms. The zero-order chi connectivity index (χ0) is 15.1. The Kier molecular flexibility index (Phi) is 6.28. The van der Waals surface area contributed by atoms with Crippen LogP contribution in [0.3, 0.4) is 0 Å². The van der Waals surface area contributed by atoms with Crippen LogP contribution in [-0.2, 0) is 0 Å². The van der Waals surface area contributed by atoms with Gasteiger partial charge in [0.25, 0.3) is 5.91 Å². The molecule has 0 spiro atoms. The van der Waals surface area contributed by atoms with Crippen LogP contribution in [0.5, 0.6) is 0 Å². The van der Waals surface area contributed by atoms with Crippen LogP contribution in [-0.4, -0.2) is 24.2 Å². The lowest BCUT2D eigenvalue weighted by Crippen LogP contribution is -2.31. The molecule has 1 aliphatic carbocycles. The monoisotopic (exact) mass is 305 g/mol. The molecule has 1 aliphatic rings. The molecule has 2 unspecified atom stereocenters. The van der Waals surface area contributed by atoms with Gasteiger partial charge in [0.15, 0.2) is 0 Å². The van der Waals surface area contributed by atoms with Crippen LogP contribution in [0.2, 0.25) is 0 Å². The number of rotatable bonds is 4. The Morgan fingerprint density at radius 3 is 3.10 bits per heavy atom. The molecule has 1 amide bonds. The minimum absolute atomic E-state index is 0.00781. The lowest BCUT2D eigenvalue weighted by atomic mass is 9.82. The number of hydrogen-bond acceptors (Lipinski definition) is 3. The van der Waals surface area contributed by atoms with Gasteiger partial charge >= 0.3 is 0 Å². The number of amides is 1. The van der Waals surface area contributed by atoms with Gasteiger partial charge in [-0.2, -0.15) is 0 Å². The molecular weight excluding hydrogens is 282 g/mol. The molecule has 0 bridgehead atoms. The van der Waals surface area contributed by atoms with E-state index >= 15 is 0 Å². The van der Waals surface area contributed by atoms with Gasteiger partial charge in [-0.25, -0.2) is 0 Å². The van der Waals surface area contributed by atoms with Crippen molar-refractivity contribution in [3.63, 3.8) is 0 Å². The summed E-state index contributed by atoms with van der Waals surface area (Å²) in [7, 11) is 0. The first-order valence-corrected chi connectivity index (χ1v) is 8.48. The molecular formula is C17H23NO2S. The summed E-state index contributed by atoms with van der Waals surface area (Å²) in [5.41, 5.74) is 0. The van der Waals surface area contributed by atoms with Crippen LogP contribution >= 0.6 is 11.3 Å². The number of aliphatic hydroxyl groups excluding tert-OH is 1. The molecule has 1 aromatic heterocycles. The van der Waals surface area contributed by atoms with E-state index in [0.29, 0.717) is 17.2 Å². The summed E-state index contributed by atoms with van der Waals surface area (Å²) < 4.78 is 0. The van der Waals surface area contributed by atoms with Crippen LogP contribution < -0.4 is 5.32 Å². The highest BCUT2D eigenvalue weighted by molar-refractivity contribution is 7.14. The van der Waals surface area contributed by atoms with E-state index in [2.05, 4.69) is 24.1 Å². The normalized spacial score (nSPS) is 21.4. The van der Waals surface area contributed by atoms with Crippen molar-refractivity contribution in [3.05, 3.63) is 21.9 Å². The van der Waals surface area contributed by atoms with E-state index in [4.69, 9.17) is 5.11 Å². The number of carbonyl (C=O) groups excluding carboxylic acids is 1. The van der Waals surface area contributed by atoms with Crippen molar-refractivity contribution in [2.75, 3.05) is 13.2 Å². The van der Waals surface area contributed by atoms with E-state index in [9.17, 15) is 4.79 Å². The number of carbonyl (C=O) groups is 1. The second kappa shape index (κ2) is 8.21. The first kappa shape index (κ1) is 16.1. The Morgan fingerprint density at radius 1 is 1.48 bits per heavy atom. The molecule has 1 heterocycles. The van der Waals surface area contributed by atoms with Gasteiger partial charge < -0.3 is 10.4 Å². The summed E-state index contributed by atoms with van der Waals surface area (Å²) >= 11 is 1.41. The summed E-state index contributed by atoms with van der Waals surface area (Å²) in [6, 6.07) is 3.69. The number of aliphatic hydroxyl groups is 1. The highest BCUT2D eigenvalue weighted by Crippen LogP contribution is 2.28. The fraction of sp³-hybridized carbons (Fsp3) is 0.588. The van der Waals surface area contributed by atoms with E-state index in [-0.39, 0.29) is 12.5 Å². The Morgan fingerprint density at radius 2 is 2.33 bits per heavy atom. The molecule has 0 aliphatic heterocycles. The predicted molar refractivity (Wildman–Crippen MR) is 86.4 cm³/mol. The molecule has 2 rings (SSSR count). The minimum atomic E-state index is 0.00781. The van der Waals surface area contributed by atoms with Crippen molar-refractivity contribution in [1.29, 1.82) is 0 Å². The first-order chi connectivity index (χ1) is 10.2. The van der Waals surface area contributed by atoms with Gasteiger partial charge in [-0.05, 0) is 36.8 Å². The largest absolute Gasteiger partial charge is 0.395 e. The van der Waals surface area contributed by atoms with Gasteiger partial charge in [0, 0.05) is 13.0 Å². The highest BCUT2D eigenvalue weighted by atomic mass is 32.1. The zero-order valence-electron chi connectivity index (χ0n) is 12.5. The van der Waals surface area contributed by atoms with Crippen molar-refractivity contribution in [1.82, 2.24) is 5.32 Å². The SMILES string of the molecule is CC1CCCC(CNC(=O)c2ccc(C#CCCO)s2)C1. The van der Waals surface area contributed by atoms with Crippen LogP contribution in [0.4, 0.5) is 0 Å². The molecule has 2 N–H and O–H groups in total. The molecule has 21 heavy (non-hydrogen) atoms. The van der Waals surface area contributed by atoms with Crippen LogP contribution in [0.15, 0.2) is 12.1 Å². The summed E-state index contributed by atoms with van der Waals surface area (Å²) in [4.78, 5) is 13.7. The molecule has 114 valence electrons. The van der Waals surface area contributed by atoms with Crippen LogP contribution in [0, 0.1) is 23.7 Å². The van der Waals surface area contributed by atoms with Gasteiger partial charge in [-0.15, -0.1) is 11.3 Å². The van der Waals surface area contributed by atoms with E-state index in [1.807, 2.05) is 12.1 Å². The van der Waals surface area contributed by atoms with Gasteiger partial charge in [-0.3, -0.25) is 4.79 Å². The number of thiophene rings is 1. The Hall–Kier alpha value is -1.31. The van der Waals surface area contributed by atoms with Crippen LogP contribution in [0.1, 0.15) is 53.6 Å². The molecule has 0 radical (unpaired) electrons. The van der Waals surface area contributed by atoms with Crippen molar-refractivity contribution in [3.8, 4) is 11.8 Å². The second-order valence-electron chi connectivity index (χ2n) is 5.79. The number of nitrogens with one attached hydrogen (secondary N) is 1. The molecule has 2 atom stereocenters. The third kappa shape index (κ3) is 5.18. The summed E-state index contributed by atoms with van der Waals surface area (Å²) in [6.45, 7) is 3.16. The van der Waals surface area contributed by atoms with Gasteiger partial charge in [0.1, 0.15) is 0 Å². The topological polar surface area (TPSA) is 49.3 Å². The van der Waals surface area contributed by atoms with Gasteiger partial charge in [-0.1, -0.05) is 31.6 Å². The maximum atomic E-state index is 12.1. The summed E-state index contributed by atoms with van der Waals surface area (Å²) in [5, 5.41) is 11.7. The van der Waals surface area contributed by atoms with Crippen LogP contribution in [0.25, 0.3) is 0 Å². The smallest absolute Gasteiger partial charge is 0.261 e. The second-order valence-corrected chi connectivity index (χ2v) is 6.87. The quantitative estimate of drug-likeness (QED) is 0.840. The molecule has 0 aromatic carbocycles. The molecule has 1 saturated carbocycles. The van der Waals surface area contributed by atoms with Crippen molar-refractivity contribution in [2.45, 2.75) is 39.0 Å². The van der Waals surface area contributed by atoms with Crippen molar-refractivity contribution >= 4 is 17.2 Å². The first-order valence-electron chi connectivity index (χ1n) is 7.66. The average Bonchev–Trinajstić information content (AvgIpc) is 2.94. The fourth-order valence-corrected chi connectivity index (χ4v) is 3.60. The minimum Gasteiger partial charge on any atom is -0.395 e. The third-order valence-electron chi connectivity index (χ3n) is 3.87. The zero-order valence-corrected chi connectivity index (χ0v) is 13.3. The van der Waals surface area contributed by atoms with E-state index < -0.39 is 0 Å². The van der Waals surface area contributed by atoms with E-state index in [1.165, 1.54) is 37.0 Å². The lowest BCUT2D eigenvalue weighted by molar-refractivity contribution is 0.0944. The maximum Gasteiger partial charge on any atom is 0.261 e. The number of hydrogen-bond donors (Lipinski definition) is 2. The average molecular weight is 305 g/mol. The molecule has 3 nitrogen and oxygen atoms in total. The van der Waals surface area contributed by atoms with Gasteiger partial charge in [0.05, 0.1) is 16.4 Å². The summed E-state index contributed by atoms with van der Waals surface area (Å²) in [5.74, 6) is 7.25. The van der Waals surface area contributed by atoms with Crippen molar-refractivity contribution < 1.29 is 9.90 Å². The summed E-state index contributed by atoms with van der Waals surface area (Å²) in [6.07, 6.45) is 5.53. The maximum absolute atomic E-state index is 12.1. The standard InChI is InChI=1S/C17H23NO2S/c1-13-5-4-6-14(11-13)12-18-17(20)16-9-8-15(21-16)7-2-3-10-19/h8-9,13-14,19H,3-6,10-12H2,1H3,(H,18,20). The highest BCUT2D eigenvalue weighted by Gasteiger charge is 2.19. The van der Waals surface area contributed by atoms with Gasteiger partial charge in [0.2, 0.25) is 0 Å². The molecule has 1 aromatic rings. The van der Waals surface area contributed by atoms with E-state index in [0.717, 1.165) is 17.3 Å². The Balaban J connectivity index is 1.82. The van der Waals surface area contributed by atoms with Crippen molar-refractivity contribution in [2.24, 2.45) is 11.8 Å². The Bertz CT molecular complexity index is 526. The predicted octanol–water partition coefficient (Wildman–Crippen LogP) is 3.04. The fourth-order valence-electron chi connectivity index (χ4n) is 2.80. The van der Waals surface area contributed by atoms with E-state index in [1.54, 1.807) is 0 Å². The third-order valence-corrected chi connectivity index (χ3v) is 4.87.